The highest BCUT2D eigenvalue weighted by molar-refractivity contribution is 5.91. The standard InChI is InChI=1S/C25H34N2O2/c1-5-29-23-9-7-6-8-22(23)26-24(28)27-16-14-20(15-17-27)18-19-10-12-21(13-11-19)25(2,3)4/h6-13,20H,5,14-18H2,1-4H3,(H,26,28). The van der Waals surface area contributed by atoms with Crippen LogP contribution < -0.4 is 10.1 Å². The number of benzene rings is 2. The van der Waals surface area contributed by atoms with Gasteiger partial charge in [-0.05, 0) is 60.8 Å². The zero-order valence-electron chi connectivity index (χ0n) is 18.2. The first-order valence-corrected chi connectivity index (χ1v) is 10.7. The lowest BCUT2D eigenvalue weighted by molar-refractivity contribution is 0.182. The maximum atomic E-state index is 12.7. The Morgan fingerprint density at radius 2 is 1.72 bits per heavy atom. The zero-order chi connectivity index (χ0) is 20.9. The predicted octanol–water partition coefficient (Wildman–Crippen LogP) is 5.87. The molecule has 1 heterocycles. The van der Waals surface area contributed by atoms with Gasteiger partial charge in [0.25, 0.3) is 0 Å². The number of carbonyl (C=O) groups is 1. The molecule has 0 radical (unpaired) electrons. The first kappa shape index (κ1) is 21.2. The van der Waals surface area contributed by atoms with Crippen LogP contribution in [0.2, 0.25) is 0 Å². The number of nitrogens with zero attached hydrogens (tertiary/aromatic N) is 1. The van der Waals surface area contributed by atoms with Crippen LogP contribution in [0.3, 0.4) is 0 Å². The van der Waals surface area contributed by atoms with E-state index >= 15 is 0 Å². The molecule has 2 aromatic rings. The van der Waals surface area contributed by atoms with Crippen molar-refractivity contribution in [3.05, 3.63) is 59.7 Å². The molecule has 1 fully saturated rings. The van der Waals surface area contributed by atoms with Gasteiger partial charge in [-0.2, -0.15) is 0 Å². The second-order valence-electron chi connectivity index (χ2n) is 8.94. The van der Waals surface area contributed by atoms with Gasteiger partial charge in [-0.25, -0.2) is 4.79 Å². The number of hydrogen-bond acceptors (Lipinski definition) is 2. The van der Waals surface area contributed by atoms with E-state index in [2.05, 4.69) is 50.4 Å². The lowest BCUT2D eigenvalue weighted by Gasteiger charge is -2.32. The van der Waals surface area contributed by atoms with Gasteiger partial charge < -0.3 is 15.0 Å². The first-order chi connectivity index (χ1) is 13.9. The Morgan fingerprint density at radius 3 is 2.34 bits per heavy atom. The van der Waals surface area contributed by atoms with Crippen molar-refractivity contribution in [1.29, 1.82) is 0 Å². The van der Waals surface area contributed by atoms with Gasteiger partial charge >= 0.3 is 6.03 Å². The molecule has 0 bridgehead atoms. The fourth-order valence-corrected chi connectivity index (χ4v) is 3.86. The van der Waals surface area contributed by atoms with E-state index in [0.717, 1.165) is 43.8 Å². The third kappa shape index (κ3) is 5.75. The smallest absolute Gasteiger partial charge is 0.321 e. The first-order valence-electron chi connectivity index (χ1n) is 10.7. The lowest BCUT2D eigenvalue weighted by Crippen LogP contribution is -2.41. The second kappa shape index (κ2) is 9.34. The SMILES string of the molecule is CCOc1ccccc1NC(=O)N1CCC(Cc2ccc(C(C)(C)C)cc2)CC1. The average Bonchev–Trinajstić information content (AvgIpc) is 2.70. The van der Waals surface area contributed by atoms with Crippen LogP contribution in [0.15, 0.2) is 48.5 Å². The summed E-state index contributed by atoms with van der Waals surface area (Å²) in [7, 11) is 0. The van der Waals surface area contributed by atoms with Gasteiger partial charge in [0.1, 0.15) is 5.75 Å². The van der Waals surface area contributed by atoms with Crippen LogP contribution in [0.1, 0.15) is 51.7 Å². The van der Waals surface area contributed by atoms with Crippen LogP contribution in [-0.2, 0) is 11.8 Å². The molecule has 4 nitrogen and oxygen atoms in total. The molecule has 4 heteroatoms. The summed E-state index contributed by atoms with van der Waals surface area (Å²) >= 11 is 0. The molecule has 0 spiro atoms. The summed E-state index contributed by atoms with van der Waals surface area (Å²) in [5, 5.41) is 3.01. The molecule has 1 N–H and O–H groups in total. The van der Waals surface area contributed by atoms with E-state index in [-0.39, 0.29) is 11.4 Å². The molecule has 2 aromatic carbocycles. The van der Waals surface area contributed by atoms with Gasteiger partial charge in [-0.15, -0.1) is 0 Å². The number of carbonyl (C=O) groups excluding carboxylic acids is 1. The summed E-state index contributed by atoms with van der Waals surface area (Å²) < 4.78 is 5.60. The number of likely N-dealkylation sites (tertiary alicyclic amines) is 1. The van der Waals surface area contributed by atoms with Crippen molar-refractivity contribution in [3.8, 4) is 5.75 Å². The van der Waals surface area contributed by atoms with E-state index < -0.39 is 0 Å². The molecule has 3 rings (SSSR count). The van der Waals surface area contributed by atoms with E-state index in [9.17, 15) is 4.79 Å². The van der Waals surface area contributed by atoms with Gasteiger partial charge in [-0.3, -0.25) is 0 Å². The van der Waals surface area contributed by atoms with Gasteiger partial charge in [0.05, 0.1) is 12.3 Å². The Balaban J connectivity index is 1.51. The number of hydrogen-bond donors (Lipinski definition) is 1. The van der Waals surface area contributed by atoms with Gasteiger partial charge in [-0.1, -0.05) is 57.2 Å². The van der Waals surface area contributed by atoms with Crippen LogP contribution in [0.25, 0.3) is 0 Å². The number of nitrogens with one attached hydrogen (secondary N) is 1. The summed E-state index contributed by atoms with van der Waals surface area (Å²) in [6.07, 6.45) is 3.18. The van der Waals surface area contributed by atoms with Gasteiger partial charge in [0.2, 0.25) is 0 Å². The fraction of sp³-hybridized carbons (Fsp3) is 0.480. The largest absolute Gasteiger partial charge is 0.492 e. The molecule has 29 heavy (non-hydrogen) atoms. The Kier molecular flexibility index (Phi) is 6.83. The maximum absolute atomic E-state index is 12.7. The zero-order valence-corrected chi connectivity index (χ0v) is 18.2. The molecule has 0 unspecified atom stereocenters. The van der Waals surface area contributed by atoms with Crippen molar-refractivity contribution >= 4 is 11.7 Å². The highest BCUT2D eigenvalue weighted by atomic mass is 16.5. The van der Waals surface area contributed by atoms with E-state index in [1.54, 1.807) is 0 Å². The minimum atomic E-state index is -0.0369. The van der Waals surface area contributed by atoms with Crippen LogP contribution in [0, 0.1) is 5.92 Å². The molecule has 1 saturated heterocycles. The summed E-state index contributed by atoms with van der Waals surface area (Å²) in [5.41, 5.74) is 3.70. The Labute approximate surface area is 175 Å². The average molecular weight is 395 g/mol. The molecule has 156 valence electrons. The second-order valence-corrected chi connectivity index (χ2v) is 8.94. The third-order valence-corrected chi connectivity index (χ3v) is 5.67. The number of amides is 2. The van der Waals surface area contributed by atoms with E-state index in [0.29, 0.717) is 12.5 Å². The monoisotopic (exact) mass is 394 g/mol. The Hall–Kier alpha value is -2.49. The molecule has 1 aliphatic heterocycles. The topological polar surface area (TPSA) is 41.6 Å². The number of para-hydroxylation sites is 2. The molecule has 0 aromatic heterocycles. The van der Waals surface area contributed by atoms with E-state index in [4.69, 9.17) is 4.74 Å². The van der Waals surface area contributed by atoms with E-state index in [1.165, 1.54) is 11.1 Å². The summed E-state index contributed by atoms with van der Waals surface area (Å²) in [5.74, 6) is 1.35. The quantitative estimate of drug-likeness (QED) is 0.689. The number of urea groups is 1. The Bertz CT molecular complexity index is 800. The van der Waals surface area contributed by atoms with Crippen LogP contribution >= 0.6 is 0 Å². The van der Waals surface area contributed by atoms with Gasteiger partial charge in [0.15, 0.2) is 0 Å². The normalized spacial score (nSPS) is 15.2. The van der Waals surface area contributed by atoms with Crippen molar-refractivity contribution in [3.63, 3.8) is 0 Å². The van der Waals surface area contributed by atoms with Crippen molar-refractivity contribution in [2.45, 2.75) is 52.4 Å². The van der Waals surface area contributed by atoms with Crippen molar-refractivity contribution in [2.24, 2.45) is 5.92 Å². The van der Waals surface area contributed by atoms with Crippen molar-refractivity contribution in [2.75, 3.05) is 25.0 Å². The molecule has 0 aliphatic carbocycles. The number of piperidine rings is 1. The highest BCUT2D eigenvalue weighted by Crippen LogP contribution is 2.27. The molecule has 1 aliphatic rings. The fourth-order valence-electron chi connectivity index (χ4n) is 3.86. The molecular weight excluding hydrogens is 360 g/mol. The minimum Gasteiger partial charge on any atom is -0.492 e. The predicted molar refractivity (Wildman–Crippen MR) is 120 cm³/mol. The molecule has 0 saturated carbocycles. The molecule has 0 atom stereocenters. The van der Waals surface area contributed by atoms with Crippen molar-refractivity contribution in [1.82, 2.24) is 4.90 Å². The summed E-state index contributed by atoms with van der Waals surface area (Å²) in [6.45, 7) is 10.9. The van der Waals surface area contributed by atoms with Crippen LogP contribution in [0.4, 0.5) is 10.5 Å². The maximum Gasteiger partial charge on any atom is 0.321 e. The summed E-state index contributed by atoms with van der Waals surface area (Å²) in [6, 6.07) is 16.6. The van der Waals surface area contributed by atoms with Crippen LogP contribution in [0.5, 0.6) is 5.75 Å². The minimum absolute atomic E-state index is 0.0369. The highest BCUT2D eigenvalue weighted by Gasteiger charge is 2.24. The van der Waals surface area contributed by atoms with Crippen molar-refractivity contribution < 1.29 is 9.53 Å². The van der Waals surface area contributed by atoms with Crippen LogP contribution in [-0.4, -0.2) is 30.6 Å². The third-order valence-electron chi connectivity index (χ3n) is 5.67. The van der Waals surface area contributed by atoms with E-state index in [1.807, 2.05) is 36.1 Å². The van der Waals surface area contributed by atoms with Gasteiger partial charge in [0, 0.05) is 13.1 Å². The molecular formula is C25H34N2O2. The lowest BCUT2D eigenvalue weighted by atomic mass is 9.85. The summed E-state index contributed by atoms with van der Waals surface area (Å²) in [4.78, 5) is 14.6. The Morgan fingerprint density at radius 1 is 1.07 bits per heavy atom. The molecule has 2 amide bonds. The number of ether oxygens (including phenoxy) is 1. The number of rotatable bonds is 5. The number of anilines is 1.